The smallest absolute Gasteiger partial charge is 0.271 e. The highest BCUT2D eigenvalue weighted by Crippen LogP contribution is 2.40. The molecule has 0 spiro atoms. The minimum absolute atomic E-state index is 0.149. The van der Waals surface area contributed by atoms with Gasteiger partial charge in [-0.3, -0.25) is 14.2 Å². The zero-order valence-electron chi connectivity index (χ0n) is 26.1. The first-order valence-corrected chi connectivity index (χ1v) is 16.4. The minimum atomic E-state index is -0.738. The van der Waals surface area contributed by atoms with E-state index in [4.69, 9.17) is 26.1 Å². The second-order valence-corrected chi connectivity index (χ2v) is 12.3. The zero-order chi connectivity index (χ0) is 32.4. The Morgan fingerprint density at radius 3 is 2.54 bits per heavy atom. The number of amides is 1. The summed E-state index contributed by atoms with van der Waals surface area (Å²) in [7, 11) is 1.61. The number of ether oxygens (including phenoxy) is 2. The molecular formula is C37H34ClN3O4S. The van der Waals surface area contributed by atoms with Crippen LogP contribution in [-0.4, -0.2) is 35.6 Å². The first-order valence-electron chi connectivity index (χ1n) is 15.2. The lowest BCUT2D eigenvalue weighted by molar-refractivity contribution is -0.127. The molecule has 46 heavy (non-hydrogen) atoms. The van der Waals surface area contributed by atoms with Crippen LogP contribution in [0.15, 0.2) is 106 Å². The molecule has 234 valence electrons. The van der Waals surface area contributed by atoms with E-state index < -0.39 is 6.04 Å². The Balaban J connectivity index is 1.50. The number of hydrogen-bond acceptors (Lipinski definition) is 6. The molecule has 0 aliphatic carbocycles. The summed E-state index contributed by atoms with van der Waals surface area (Å²) in [6.07, 6.45) is 1.84. The quantitative estimate of drug-likeness (QED) is 0.183. The van der Waals surface area contributed by atoms with E-state index in [-0.39, 0.29) is 11.5 Å². The third-order valence-corrected chi connectivity index (χ3v) is 9.59. The van der Waals surface area contributed by atoms with E-state index in [1.54, 1.807) is 16.6 Å². The van der Waals surface area contributed by atoms with E-state index in [0.29, 0.717) is 56.8 Å². The summed E-state index contributed by atoms with van der Waals surface area (Å²) in [5, 5.41) is 2.54. The summed E-state index contributed by atoms with van der Waals surface area (Å²) < 4.78 is 14.1. The maximum absolute atomic E-state index is 14.4. The van der Waals surface area contributed by atoms with Gasteiger partial charge < -0.3 is 14.4 Å². The molecule has 1 aromatic heterocycles. The number of nitrogens with zero attached hydrogens (tertiary/aromatic N) is 3. The van der Waals surface area contributed by atoms with Gasteiger partial charge in [-0.15, -0.1) is 0 Å². The second-order valence-electron chi connectivity index (χ2n) is 10.9. The third-order valence-electron chi connectivity index (χ3n) is 8.23. The Labute approximate surface area is 276 Å². The molecule has 0 unspecified atom stereocenters. The van der Waals surface area contributed by atoms with Gasteiger partial charge in [-0.2, -0.15) is 0 Å². The van der Waals surface area contributed by atoms with E-state index in [0.717, 1.165) is 27.5 Å². The maximum atomic E-state index is 14.4. The van der Waals surface area contributed by atoms with Gasteiger partial charge in [0.15, 0.2) is 4.80 Å². The van der Waals surface area contributed by atoms with Crippen molar-refractivity contribution >= 4 is 45.7 Å². The van der Waals surface area contributed by atoms with E-state index in [1.807, 2.05) is 112 Å². The van der Waals surface area contributed by atoms with Crippen molar-refractivity contribution in [3.8, 4) is 11.5 Å². The van der Waals surface area contributed by atoms with E-state index in [1.165, 1.54) is 11.3 Å². The molecule has 4 aromatic carbocycles. The number of benzene rings is 4. The van der Waals surface area contributed by atoms with Crippen LogP contribution in [0.25, 0.3) is 16.8 Å². The fraction of sp³-hybridized carbons (Fsp3) is 0.216. The SMILES string of the molecule is CCN(CC)C(=O)C1=C(C)N=c2s/c(=C/c3cccc(OCc4ccccc4Cl)c3)c(=O)n2[C@H]1c1c(OC)ccc2ccccc12. The molecule has 1 amide bonds. The number of hydrogen-bond donors (Lipinski definition) is 0. The van der Waals surface area contributed by atoms with E-state index in [2.05, 4.69) is 0 Å². The van der Waals surface area contributed by atoms with Crippen LogP contribution in [0.2, 0.25) is 5.02 Å². The van der Waals surface area contributed by atoms with Crippen LogP contribution in [0, 0.1) is 0 Å². The van der Waals surface area contributed by atoms with Crippen molar-refractivity contribution in [1.29, 1.82) is 0 Å². The predicted octanol–water partition coefficient (Wildman–Crippen LogP) is 6.50. The third kappa shape index (κ3) is 5.86. The molecule has 6 rings (SSSR count). The number of aromatic nitrogens is 1. The van der Waals surface area contributed by atoms with Crippen molar-refractivity contribution in [1.82, 2.24) is 9.47 Å². The molecule has 7 nitrogen and oxygen atoms in total. The maximum Gasteiger partial charge on any atom is 0.271 e. The molecule has 2 heterocycles. The van der Waals surface area contributed by atoms with Gasteiger partial charge in [0.25, 0.3) is 11.5 Å². The van der Waals surface area contributed by atoms with E-state index in [9.17, 15) is 9.59 Å². The topological polar surface area (TPSA) is 73.1 Å². The van der Waals surface area contributed by atoms with Crippen LogP contribution in [-0.2, 0) is 11.4 Å². The molecule has 0 saturated carbocycles. The average molecular weight is 652 g/mol. The first-order chi connectivity index (χ1) is 22.3. The first kappa shape index (κ1) is 31.3. The van der Waals surface area contributed by atoms with Crippen LogP contribution in [0.3, 0.4) is 0 Å². The van der Waals surface area contributed by atoms with Gasteiger partial charge in [-0.1, -0.05) is 83.6 Å². The van der Waals surface area contributed by atoms with Crippen LogP contribution >= 0.6 is 22.9 Å². The number of carbonyl (C=O) groups is 1. The summed E-state index contributed by atoms with van der Waals surface area (Å²) >= 11 is 7.61. The summed E-state index contributed by atoms with van der Waals surface area (Å²) in [6.45, 7) is 7.13. The highest BCUT2D eigenvalue weighted by Gasteiger charge is 2.36. The van der Waals surface area contributed by atoms with Crippen molar-refractivity contribution in [2.75, 3.05) is 20.2 Å². The number of halogens is 1. The normalized spacial score (nSPS) is 14.6. The molecule has 0 radical (unpaired) electrons. The van der Waals surface area contributed by atoms with Crippen molar-refractivity contribution < 1.29 is 14.3 Å². The molecule has 0 saturated heterocycles. The summed E-state index contributed by atoms with van der Waals surface area (Å²) in [5.41, 5.74) is 3.26. The number of likely N-dealkylation sites (N-methyl/N-ethyl adjacent to an activating group) is 1. The number of carbonyl (C=O) groups excluding carboxylic acids is 1. The number of thiazole rings is 1. The molecule has 0 bridgehead atoms. The highest BCUT2D eigenvalue weighted by atomic mass is 35.5. The van der Waals surface area contributed by atoms with Gasteiger partial charge in [0.1, 0.15) is 24.1 Å². The van der Waals surface area contributed by atoms with Gasteiger partial charge >= 0.3 is 0 Å². The molecule has 1 aliphatic rings. The van der Waals surface area contributed by atoms with Crippen molar-refractivity contribution in [3.05, 3.63) is 138 Å². The molecule has 9 heteroatoms. The van der Waals surface area contributed by atoms with Crippen molar-refractivity contribution in [2.24, 2.45) is 4.99 Å². The molecule has 1 aliphatic heterocycles. The zero-order valence-corrected chi connectivity index (χ0v) is 27.7. The van der Waals surface area contributed by atoms with E-state index >= 15 is 0 Å². The minimum Gasteiger partial charge on any atom is -0.496 e. The van der Waals surface area contributed by atoms with Gasteiger partial charge in [0, 0.05) is 29.2 Å². The van der Waals surface area contributed by atoms with Crippen LogP contribution in [0.4, 0.5) is 0 Å². The Morgan fingerprint density at radius 2 is 1.78 bits per heavy atom. The molecular weight excluding hydrogens is 618 g/mol. The lowest BCUT2D eigenvalue weighted by Gasteiger charge is -2.30. The van der Waals surface area contributed by atoms with Crippen molar-refractivity contribution in [2.45, 2.75) is 33.4 Å². The fourth-order valence-corrected chi connectivity index (χ4v) is 7.14. The second kappa shape index (κ2) is 13.4. The Morgan fingerprint density at radius 1 is 1.02 bits per heavy atom. The van der Waals surface area contributed by atoms with Crippen LogP contribution < -0.4 is 24.4 Å². The Kier molecular flexibility index (Phi) is 9.10. The van der Waals surface area contributed by atoms with Gasteiger partial charge in [-0.25, -0.2) is 4.99 Å². The number of allylic oxidation sites excluding steroid dienone is 1. The fourth-order valence-electron chi connectivity index (χ4n) is 5.91. The molecule has 5 aromatic rings. The Bertz CT molecular complexity index is 2160. The Hall–Kier alpha value is -4.66. The molecule has 1 atom stereocenters. The molecule has 0 N–H and O–H groups in total. The standard InChI is InChI=1S/C37H34ClN3O4S/c1-5-40(6-2)36(43)32-23(3)39-37-41(34(32)33-28-16-9-7-13-25(28)18-19-30(33)44-4)35(42)31(46-37)21-24-12-11-15-27(20-24)45-22-26-14-8-10-17-29(26)38/h7-21,34H,5-6,22H2,1-4H3/b31-21+/t34-/m1/s1. The monoisotopic (exact) mass is 651 g/mol. The van der Waals surface area contributed by atoms with Gasteiger partial charge in [-0.05, 0) is 67.4 Å². The number of rotatable bonds is 9. The largest absolute Gasteiger partial charge is 0.496 e. The lowest BCUT2D eigenvalue weighted by atomic mass is 9.90. The number of fused-ring (bicyclic) bond motifs is 2. The van der Waals surface area contributed by atoms with Crippen LogP contribution in [0.1, 0.15) is 43.5 Å². The average Bonchev–Trinajstić information content (AvgIpc) is 3.37. The summed E-state index contributed by atoms with van der Waals surface area (Å²) in [4.78, 5) is 35.7. The number of methoxy groups -OCH3 is 1. The lowest BCUT2D eigenvalue weighted by Crippen LogP contribution is -2.43. The summed E-state index contributed by atoms with van der Waals surface area (Å²) in [6, 6.07) is 26.2. The van der Waals surface area contributed by atoms with Gasteiger partial charge in [0.2, 0.25) is 0 Å². The van der Waals surface area contributed by atoms with Gasteiger partial charge in [0.05, 0.1) is 22.9 Å². The highest BCUT2D eigenvalue weighted by molar-refractivity contribution is 7.07. The summed E-state index contributed by atoms with van der Waals surface area (Å²) in [5.74, 6) is 1.10. The predicted molar refractivity (Wildman–Crippen MR) is 184 cm³/mol. The van der Waals surface area contributed by atoms with Crippen molar-refractivity contribution in [3.63, 3.8) is 0 Å². The molecule has 0 fully saturated rings. The van der Waals surface area contributed by atoms with Crippen LogP contribution in [0.5, 0.6) is 11.5 Å².